The Kier molecular flexibility index (Phi) is 9.11. The van der Waals surface area contributed by atoms with Crippen LogP contribution in [0.1, 0.15) is 31.2 Å². The fraction of sp³-hybridized carbons (Fsp3) is 0.500. The Hall–Kier alpha value is -3.77. The molecule has 2 bridgehead atoms. The SMILES string of the molecule is CN1CCN(Cc2ccc(NC(=O)Nc3ccc(-c4nc(NC5CCOCC5)cc(N5CC6CCC(C5)O6)n4)cc3)cc2)CC1. The zero-order chi connectivity index (χ0) is 30.6. The van der Waals surface area contributed by atoms with Gasteiger partial charge in [-0.3, -0.25) is 4.90 Å². The average molecular weight is 613 g/mol. The van der Waals surface area contributed by atoms with Gasteiger partial charge >= 0.3 is 6.03 Å². The van der Waals surface area contributed by atoms with Crippen LogP contribution in [-0.4, -0.2) is 104 Å². The lowest BCUT2D eigenvalue weighted by atomic mass is 10.1. The molecule has 2 aromatic carbocycles. The molecule has 0 aliphatic carbocycles. The molecular weight excluding hydrogens is 568 g/mol. The van der Waals surface area contributed by atoms with Crippen molar-refractivity contribution in [3.63, 3.8) is 0 Å². The van der Waals surface area contributed by atoms with Gasteiger partial charge in [-0.25, -0.2) is 14.8 Å². The highest BCUT2D eigenvalue weighted by atomic mass is 16.5. The van der Waals surface area contributed by atoms with E-state index < -0.39 is 0 Å². The summed E-state index contributed by atoms with van der Waals surface area (Å²) in [6, 6.07) is 17.9. The van der Waals surface area contributed by atoms with Crippen molar-refractivity contribution in [2.45, 2.75) is 50.5 Å². The Bertz CT molecular complexity index is 1430. The second-order valence-electron chi connectivity index (χ2n) is 12.8. The number of fused-ring (bicyclic) bond motifs is 2. The molecule has 11 heteroatoms. The van der Waals surface area contributed by atoms with Gasteiger partial charge in [0.1, 0.15) is 11.6 Å². The zero-order valence-corrected chi connectivity index (χ0v) is 26.1. The number of aromatic nitrogens is 2. The first-order valence-corrected chi connectivity index (χ1v) is 16.3. The van der Waals surface area contributed by atoms with Crippen molar-refractivity contribution in [1.29, 1.82) is 0 Å². The summed E-state index contributed by atoms with van der Waals surface area (Å²) >= 11 is 0. The summed E-state index contributed by atoms with van der Waals surface area (Å²) in [5.41, 5.74) is 3.60. The van der Waals surface area contributed by atoms with E-state index in [1.54, 1.807) is 0 Å². The van der Waals surface area contributed by atoms with Gasteiger partial charge in [0.2, 0.25) is 0 Å². The van der Waals surface area contributed by atoms with E-state index in [1.807, 2.05) is 36.4 Å². The summed E-state index contributed by atoms with van der Waals surface area (Å²) in [6.45, 7) is 8.52. The molecule has 4 saturated heterocycles. The first-order chi connectivity index (χ1) is 22.0. The van der Waals surface area contributed by atoms with Crippen LogP contribution in [0.15, 0.2) is 54.6 Å². The van der Waals surface area contributed by atoms with Crippen LogP contribution in [0, 0.1) is 0 Å². The molecular formula is C34H44N8O3. The molecule has 0 saturated carbocycles. The third-order valence-electron chi connectivity index (χ3n) is 9.27. The van der Waals surface area contributed by atoms with Crippen molar-refractivity contribution < 1.29 is 14.3 Å². The smallest absolute Gasteiger partial charge is 0.323 e. The molecule has 3 N–H and O–H groups in total. The molecule has 3 aromatic rings. The zero-order valence-electron chi connectivity index (χ0n) is 26.1. The van der Waals surface area contributed by atoms with Crippen molar-refractivity contribution in [1.82, 2.24) is 19.8 Å². The van der Waals surface area contributed by atoms with Gasteiger partial charge in [-0.15, -0.1) is 0 Å². The van der Waals surface area contributed by atoms with Crippen LogP contribution < -0.4 is 20.9 Å². The largest absolute Gasteiger partial charge is 0.381 e. The topological polar surface area (TPSA) is 107 Å². The van der Waals surface area contributed by atoms with Gasteiger partial charge in [-0.2, -0.15) is 0 Å². The van der Waals surface area contributed by atoms with Gasteiger partial charge in [-0.05, 0) is 74.7 Å². The van der Waals surface area contributed by atoms with E-state index in [-0.39, 0.29) is 18.2 Å². The van der Waals surface area contributed by atoms with Crippen LogP contribution >= 0.6 is 0 Å². The number of hydrogen-bond acceptors (Lipinski definition) is 9. The summed E-state index contributed by atoms with van der Waals surface area (Å²) in [5.74, 6) is 2.41. The minimum atomic E-state index is -0.280. The van der Waals surface area contributed by atoms with Crippen molar-refractivity contribution in [2.75, 3.05) is 80.4 Å². The number of nitrogens with one attached hydrogen (secondary N) is 3. The molecule has 45 heavy (non-hydrogen) atoms. The number of anilines is 4. The lowest BCUT2D eigenvalue weighted by Gasteiger charge is -2.33. The van der Waals surface area contributed by atoms with Crippen LogP contribution in [0.5, 0.6) is 0 Å². The number of likely N-dealkylation sites (N-methyl/N-ethyl adjacent to an activating group) is 1. The molecule has 4 aliphatic rings. The van der Waals surface area contributed by atoms with Crippen molar-refractivity contribution >= 4 is 29.0 Å². The third kappa shape index (κ3) is 7.73. The van der Waals surface area contributed by atoms with E-state index in [1.165, 1.54) is 5.56 Å². The summed E-state index contributed by atoms with van der Waals surface area (Å²) in [4.78, 5) is 29.9. The lowest BCUT2D eigenvalue weighted by Crippen LogP contribution is -2.43. The summed E-state index contributed by atoms with van der Waals surface area (Å²) in [7, 11) is 2.17. The second kappa shape index (κ2) is 13.7. The number of morpholine rings is 1. The molecule has 7 rings (SSSR count). The number of ether oxygens (including phenoxy) is 2. The quantitative estimate of drug-likeness (QED) is 0.339. The van der Waals surface area contributed by atoms with E-state index in [9.17, 15) is 4.79 Å². The Morgan fingerprint density at radius 1 is 0.844 bits per heavy atom. The minimum Gasteiger partial charge on any atom is -0.381 e. The Labute approximate surface area is 265 Å². The van der Waals surface area contributed by atoms with Crippen LogP contribution in [0.3, 0.4) is 0 Å². The van der Waals surface area contributed by atoms with Crippen LogP contribution in [0.4, 0.5) is 27.8 Å². The fourth-order valence-corrected chi connectivity index (χ4v) is 6.61. The molecule has 4 aliphatic heterocycles. The third-order valence-corrected chi connectivity index (χ3v) is 9.27. The molecule has 11 nitrogen and oxygen atoms in total. The number of hydrogen-bond donors (Lipinski definition) is 3. The van der Waals surface area contributed by atoms with E-state index >= 15 is 0 Å². The molecule has 5 heterocycles. The van der Waals surface area contributed by atoms with Gasteiger partial charge < -0.3 is 35.2 Å². The first kappa shape index (κ1) is 29.9. The van der Waals surface area contributed by atoms with E-state index in [2.05, 4.69) is 55.9 Å². The number of amides is 2. The Morgan fingerprint density at radius 2 is 1.49 bits per heavy atom. The normalized spacial score (nSPS) is 22.7. The lowest BCUT2D eigenvalue weighted by molar-refractivity contribution is 0.0302. The van der Waals surface area contributed by atoms with Crippen molar-refractivity contribution in [2.24, 2.45) is 0 Å². The average Bonchev–Trinajstić information content (AvgIpc) is 3.40. The number of nitrogens with zero attached hydrogens (tertiary/aromatic N) is 5. The van der Waals surface area contributed by atoms with Gasteiger partial charge in [-0.1, -0.05) is 12.1 Å². The monoisotopic (exact) mass is 612 g/mol. The predicted molar refractivity (Wildman–Crippen MR) is 177 cm³/mol. The van der Waals surface area contributed by atoms with Gasteiger partial charge in [0, 0.05) is 88.1 Å². The standard InChI is InChI=1S/C34H44N8O3/c1-40-14-16-41(17-15-40)21-24-2-6-26(7-3-24)36-34(43)37-27-8-4-25(5-9-27)33-38-31(35-28-12-18-44-19-13-28)20-32(39-33)42-22-29-10-11-30(23-42)45-29/h2-9,20,28-30H,10-19,21-23H2,1H3,(H,35,38,39)(H2,36,37,43). The summed E-state index contributed by atoms with van der Waals surface area (Å²) < 4.78 is 11.6. The maximum Gasteiger partial charge on any atom is 0.323 e. The molecule has 1 aromatic heterocycles. The molecule has 2 unspecified atom stereocenters. The van der Waals surface area contributed by atoms with E-state index in [0.717, 1.165) is 108 Å². The molecule has 4 fully saturated rings. The predicted octanol–water partition coefficient (Wildman–Crippen LogP) is 4.49. The first-order valence-electron chi connectivity index (χ1n) is 16.3. The van der Waals surface area contributed by atoms with Gasteiger partial charge in [0.15, 0.2) is 5.82 Å². The minimum absolute atomic E-state index is 0.269. The highest BCUT2D eigenvalue weighted by molar-refractivity contribution is 5.99. The van der Waals surface area contributed by atoms with E-state index in [0.29, 0.717) is 17.6 Å². The number of carbonyl (C=O) groups excluding carboxylic acids is 1. The molecule has 0 radical (unpaired) electrons. The van der Waals surface area contributed by atoms with Crippen molar-refractivity contribution in [3.05, 3.63) is 60.2 Å². The van der Waals surface area contributed by atoms with Crippen LogP contribution in [-0.2, 0) is 16.0 Å². The summed E-state index contributed by atoms with van der Waals surface area (Å²) in [6.07, 6.45) is 4.67. The highest BCUT2D eigenvalue weighted by Gasteiger charge is 2.34. The number of urea groups is 1. The molecule has 2 amide bonds. The van der Waals surface area contributed by atoms with Crippen LogP contribution in [0.2, 0.25) is 0 Å². The second-order valence-corrected chi connectivity index (χ2v) is 12.8. The van der Waals surface area contributed by atoms with Gasteiger partial charge in [0.25, 0.3) is 0 Å². The molecule has 0 spiro atoms. The van der Waals surface area contributed by atoms with Crippen molar-refractivity contribution in [3.8, 4) is 11.4 Å². The molecule has 238 valence electrons. The van der Waals surface area contributed by atoms with E-state index in [4.69, 9.17) is 19.4 Å². The number of benzene rings is 2. The number of piperazine rings is 1. The summed E-state index contributed by atoms with van der Waals surface area (Å²) in [5, 5.41) is 9.53. The molecule has 2 atom stereocenters. The van der Waals surface area contributed by atoms with Gasteiger partial charge in [0.05, 0.1) is 12.2 Å². The maximum absolute atomic E-state index is 12.8. The highest BCUT2D eigenvalue weighted by Crippen LogP contribution is 2.31. The Morgan fingerprint density at radius 3 is 2.16 bits per heavy atom. The Balaban J connectivity index is 0.995. The maximum atomic E-state index is 12.8. The fourth-order valence-electron chi connectivity index (χ4n) is 6.61. The number of carbonyl (C=O) groups is 1. The van der Waals surface area contributed by atoms with Crippen LogP contribution in [0.25, 0.3) is 11.4 Å². The number of rotatable bonds is 8.